The molecule has 0 saturated carbocycles. The van der Waals surface area contributed by atoms with E-state index in [0.29, 0.717) is 11.1 Å². The van der Waals surface area contributed by atoms with Gasteiger partial charge in [-0.1, -0.05) is 30.3 Å². The second kappa shape index (κ2) is 13.1. The number of carbonyl (C=O) groups is 5. The van der Waals surface area contributed by atoms with Crippen LogP contribution in [0.25, 0.3) is 10.9 Å². The average molecular weight is 539 g/mol. The minimum absolute atomic E-state index is 0.00168. The topological polar surface area (TPSA) is 230 Å². The first-order chi connectivity index (χ1) is 18.5. The van der Waals surface area contributed by atoms with Crippen LogP contribution >= 0.6 is 0 Å². The quantitative estimate of drug-likeness (QED) is 0.135. The summed E-state index contributed by atoms with van der Waals surface area (Å²) in [5.41, 5.74) is 13.3. The number of primary amides is 1. The second-order valence-corrected chi connectivity index (χ2v) is 8.95. The molecule has 1 aromatic heterocycles. The first-order valence-corrected chi connectivity index (χ1v) is 12.0. The second-order valence-electron chi connectivity index (χ2n) is 8.95. The number of nitrogens with one attached hydrogen (secondary N) is 4. The van der Waals surface area contributed by atoms with Gasteiger partial charge in [-0.25, -0.2) is 4.79 Å². The van der Waals surface area contributed by atoms with Crippen LogP contribution in [-0.4, -0.2) is 69.5 Å². The molecule has 10 N–H and O–H groups in total. The van der Waals surface area contributed by atoms with Gasteiger partial charge < -0.3 is 42.6 Å². The molecule has 0 aliphatic carbocycles. The summed E-state index contributed by atoms with van der Waals surface area (Å²) < 4.78 is 0. The molecule has 0 aliphatic heterocycles. The molecule has 4 amide bonds. The highest BCUT2D eigenvalue weighted by molar-refractivity contribution is 5.95. The van der Waals surface area contributed by atoms with Gasteiger partial charge in [0.2, 0.25) is 23.6 Å². The van der Waals surface area contributed by atoms with Crippen molar-refractivity contribution in [2.75, 3.05) is 6.54 Å². The van der Waals surface area contributed by atoms with Crippen LogP contribution in [0.15, 0.2) is 54.7 Å². The molecule has 0 saturated heterocycles. The number of aromatic amines is 1. The van der Waals surface area contributed by atoms with Crippen LogP contribution in [0.2, 0.25) is 0 Å². The Morgan fingerprint density at radius 3 is 2.26 bits per heavy atom. The predicted molar refractivity (Wildman–Crippen MR) is 140 cm³/mol. The summed E-state index contributed by atoms with van der Waals surface area (Å²) in [6, 6.07) is 9.58. The number of nitrogens with two attached hydrogens (primary N) is 2. The summed E-state index contributed by atoms with van der Waals surface area (Å²) in [4.78, 5) is 63.9. The minimum atomic E-state index is -1.41. The van der Waals surface area contributed by atoms with Gasteiger partial charge in [0.1, 0.15) is 17.8 Å². The number of para-hydroxylation sites is 1. The molecule has 0 bridgehead atoms. The summed E-state index contributed by atoms with van der Waals surface area (Å²) in [6.45, 7) is -0.610. The van der Waals surface area contributed by atoms with E-state index in [2.05, 4.69) is 20.9 Å². The van der Waals surface area contributed by atoms with Crippen LogP contribution in [0, 0.1) is 0 Å². The zero-order chi connectivity index (χ0) is 28.5. The third-order valence-corrected chi connectivity index (χ3v) is 5.92. The van der Waals surface area contributed by atoms with Gasteiger partial charge in [-0.3, -0.25) is 19.2 Å². The van der Waals surface area contributed by atoms with Gasteiger partial charge in [-0.15, -0.1) is 0 Å². The number of amides is 4. The van der Waals surface area contributed by atoms with Gasteiger partial charge in [-0.2, -0.15) is 0 Å². The standard InChI is InChI=1S/C26H30N6O7/c27-18(9-14-5-7-16(33)8-6-14)24(36)32-20(11-22(28)34)25(37)30-13-23(35)31-21(26(38)39)10-15-12-29-19-4-2-1-3-17(15)19/h1-8,12,18,20-21,29,33H,9-11,13,27H2,(H2,28,34)(H,30,37)(H,31,35)(H,32,36)(H,38,39). The Morgan fingerprint density at radius 2 is 1.59 bits per heavy atom. The van der Waals surface area contributed by atoms with Crippen LogP contribution in [0.5, 0.6) is 5.75 Å². The number of carbonyl (C=O) groups excluding carboxylic acids is 4. The van der Waals surface area contributed by atoms with Crippen molar-refractivity contribution < 1.29 is 34.2 Å². The molecule has 206 valence electrons. The highest BCUT2D eigenvalue weighted by Gasteiger charge is 2.27. The third kappa shape index (κ3) is 8.30. The summed E-state index contributed by atoms with van der Waals surface area (Å²) in [5.74, 6) is -4.50. The molecule has 3 unspecified atom stereocenters. The van der Waals surface area contributed by atoms with Gasteiger partial charge in [0.15, 0.2) is 0 Å². The van der Waals surface area contributed by atoms with Gasteiger partial charge >= 0.3 is 5.97 Å². The van der Waals surface area contributed by atoms with Crippen molar-refractivity contribution in [3.63, 3.8) is 0 Å². The number of hydrogen-bond acceptors (Lipinski definition) is 7. The highest BCUT2D eigenvalue weighted by atomic mass is 16.4. The number of hydrogen-bond donors (Lipinski definition) is 8. The largest absolute Gasteiger partial charge is 0.508 e. The Morgan fingerprint density at radius 1 is 0.897 bits per heavy atom. The highest BCUT2D eigenvalue weighted by Crippen LogP contribution is 2.19. The number of carboxylic acids is 1. The van der Waals surface area contributed by atoms with Crippen molar-refractivity contribution in [2.45, 2.75) is 37.4 Å². The molecule has 0 radical (unpaired) electrons. The number of carboxylic acid groups (broad SMARTS) is 1. The number of aromatic nitrogens is 1. The van der Waals surface area contributed by atoms with Crippen LogP contribution in [0.4, 0.5) is 0 Å². The van der Waals surface area contributed by atoms with Gasteiger partial charge in [-0.05, 0) is 35.7 Å². The predicted octanol–water partition coefficient (Wildman–Crippen LogP) is -0.968. The average Bonchev–Trinajstić information content (AvgIpc) is 3.30. The summed E-state index contributed by atoms with van der Waals surface area (Å²) >= 11 is 0. The zero-order valence-corrected chi connectivity index (χ0v) is 20.8. The lowest BCUT2D eigenvalue weighted by Gasteiger charge is -2.20. The number of rotatable bonds is 13. The maximum Gasteiger partial charge on any atom is 0.326 e. The lowest BCUT2D eigenvalue weighted by molar-refractivity contribution is -0.141. The lowest BCUT2D eigenvalue weighted by atomic mass is 10.0. The van der Waals surface area contributed by atoms with E-state index in [1.165, 1.54) is 12.1 Å². The number of phenols is 1. The van der Waals surface area contributed by atoms with E-state index in [9.17, 15) is 34.2 Å². The molecule has 3 atom stereocenters. The Kier molecular flexibility index (Phi) is 9.59. The van der Waals surface area contributed by atoms with Crippen LogP contribution < -0.4 is 27.4 Å². The first-order valence-electron chi connectivity index (χ1n) is 12.0. The lowest BCUT2D eigenvalue weighted by Crippen LogP contribution is -2.54. The minimum Gasteiger partial charge on any atom is -0.508 e. The molecule has 0 aliphatic rings. The van der Waals surface area contributed by atoms with Crippen molar-refractivity contribution in [2.24, 2.45) is 11.5 Å². The van der Waals surface area contributed by atoms with E-state index in [4.69, 9.17) is 11.5 Å². The summed E-state index contributed by atoms with van der Waals surface area (Å²) in [7, 11) is 0. The van der Waals surface area contributed by atoms with Crippen molar-refractivity contribution in [3.8, 4) is 5.75 Å². The van der Waals surface area contributed by atoms with Gasteiger partial charge in [0.25, 0.3) is 0 Å². The molecule has 2 aromatic carbocycles. The van der Waals surface area contributed by atoms with E-state index in [1.807, 2.05) is 24.3 Å². The number of aromatic hydroxyl groups is 1. The Hall–Kier alpha value is -4.91. The number of phenolic OH excluding ortho intramolecular Hbond substituents is 1. The smallest absolute Gasteiger partial charge is 0.326 e. The zero-order valence-electron chi connectivity index (χ0n) is 20.8. The number of H-pyrrole nitrogens is 1. The van der Waals surface area contributed by atoms with Crippen molar-refractivity contribution >= 4 is 40.5 Å². The molecule has 13 nitrogen and oxygen atoms in total. The number of fused-ring (bicyclic) bond motifs is 1. The maximum absolute atomic E-state index is 12.7. The van der Waals surface area contributed by atoms with Crippen molar-refractivity contribution in [1.29, 1.82) is 0 Å². The Bertz CT molecular complexity index is 1350. The van der Waals surface area contributed by atoms with E-state index in [0.717, 1.165) is 10.9 Å². The molecule has 3 rings (SSSR count). The normalized spacial score (nSPS) is 13.2. The van der Waals surface area contributed by atoms with Gasteiger partial charge in [0, 0.05) is 23.5 Å². The third-order valence-electron chi connectivity index (χ3n) is 5.92. The molecular formula is C26H30N6O7. The maximum atomic E-state index is 12.7. The molecular weight excluding hydrogens is 508 g/mol. The van der Waals surface area contributed by atoms with Crippen molar-refractivity contribution in [3.05, 3.63) is 65.9 Å². The molecule has 3 aromatic rings. The van der Waals surface area contributed by atoms with E-state index in [-0.39, 0.29) is 18.6 Å². The van der Waals surface area contributed by atoms with E-state index >= 15 is 0 Å². The number of benzene rings is 2. The molecule has 0 fully saturated rings. The van der Waals surface area contributed by atoms with Crippen LogP contribution in [0.1, 0.15) is 17.5 Å². The van der Waals surface area contributed by atoms with Crippen molar-refractivity contribution in [1.82, 2.24) is 20.9 Å². The van der Waals surface area contributed by atoms with E-state index < -0.39 is 60.7 Å². The van der Waals surface area contributed by atoms with Gasteiger partial charge in [0.05, 0.1) is 19.0 Å². The Labute approximate surface area is 222 Å². The fourth-order valence-corrected chi connectivity index (χ4v) is 3.92. The SMILES string of the molecule is NC(=O)CC(NC(=O)C(N)Cc1ccc(O)cc1)C(=O)NCC(=O)NC(Cc1c[nH]c2ccccc12)C(=O)O. The first kappa shape index (κ1) is 28.7. The monoisotopic (exact) mass is 538 g/mol. The molecule has 0 spiro atoms. The summed E-state index contributed by atoms with van der Waals surface area (Å²) in [6.07, 6.45) is 1.20. The molecule has 1 heterocycles. The van der Waals surface area contributed by atoms with Crippen LogP contribution in [0.3, 0.4) is 0 Å². The fourth-order valence-electron chi connectivity index (χ4n) is 3.92. The Balaban J connectivity index is 1.56. The summed E-state index contributed by atoms with van der Waals surface area (Å²) in [5, 5.41) is 26.8. The van der Waals surface area contributed by atoms with E-state index in [1.54, 1.807) is 18.3 Å². The number of aliphatic carboxylic acids is 1. The molecule has 39 heavy (non-hydrogen) atoms. The fraction of sp³-hybridized carbons (Fsp3) is 0.269. The molecule has 13 heteroatoms. The van der Waals surface area contributed by atoms with Crippen LogP contribution in [-0.2, 0) is 36.8 Å².